The number of para-hydroxylation sites is 1. The van der Waals surface area contributed by atoms with Crippen LogP contribution in [0.2, 0.25) is 0 Å². The molecular formula is C25H32N2OS. The summed E-state index contributed by atoms with van der Waals surface area (Å²) in [5.41, 5.74) is 2.22. The van der Waals surface area contributed by atoms with E-state index >= 15 is 0 Å². The molecule has 3 aromatic rings. The van der Waals surface area contributed by atoms with Gasteiger partial charge in [0.05, 0.1) is 16.8 Å². The molecule has 0 bridgehead atoms. The molecule has 1 atom stereocenters. The van der Waals surface area contributed by atoms with E-state index in [0.29, 0.717) is 6.04 Å². The van der Waals surface area contributed by atoms with Gasteiger partial charge >= 0.3 is 0 Å². The van der Waals surface area contributed by atoms with Crippen molar-refractivity contribution < 1.29 is 4.74 Å². The minimum Gasteiger partial charge on any atom is -0.494 e. The van der Waals surface area contributed by atoms with Crippen molar-refractivity contribution in [2.45, 2.75) is 46.1 Å². The summed E-state index contributed by atoms with van der Waals surface area (Å²) in [6.45, 7) is 9.91. The van der Waals surface area contributed by atoms with E-state index in [-0.39, 0.29) is 0 Å². The summed E-state index contributed by atoms with van der Waals surface area (Å²) in [6, 6.07) is 17.1. The second kappa shape index (κ2) is 11.1. The first-order valence-electron chi connectivity index (χ1n) is 10.7. The standard InChI is InChI=1S/C25H32N2OS/c1-4-17-27(18-5-2)20(3)16-19-28-22-13-10-21(11-14-22)12-15-25-26-23-8-6-7-9-24(23)29-25/h6-15,20H,4-5,16-19H2,1-3H3/b15-12+. The zero-order valence-electron chi connectivity index (χ0n) is 17.8. The van der Waals surface area contributed by atoms with Gasteiger partial charge in [-0.25, -0.2) is 4.98 Å². The number of hydrogen-bond donors (Lipinski definition) is 0. The van der Waals surface area contributed by atoms with Crippen LogP contribution in [0.3, 0.4) is 0 Å². The van der Waals surface area contributed by atoms with E-state index in [1.165, 1.54) is 30.6 Å². The lowest BCUT2D eigenvalue weighted by Crippen LogP contribution is -2.35. The van der Waals surface area contributed by atoms with Crippen LogP contribution in [-0.2, 0) is 0 Å². The third-order valence-electron chi connectivity index (χ3n) is 5.06. The van der Waals surface area contributed by atoms with Crippen molar-refractivity contribution in [1.82, 2.24) is 9.88 Å². The molecule has 3 nitrogen and oxygen atoms in total. The van der Waals surface area contributed by atoms with E-state index in [2.05, 4.69) is 85.3 Å². The number of rotatable bonds is 11. The van der Waals surface area contributed by atoms with Gasteiger partial charge in [0, 0.05) is 6.04 Å². The van der Waals surface area contributed by atoms with Crippen molar-refractivity contribution in [2.24, 2.45) is 0 Å². The molecule has 0 aliphatic heterocycles. The Bertz CT molecular complexity index is 862. The molecule has 0 saturated heterocycles. The third-order valence-corrected chi connectivity index (χ3v) is 6.06. The van der Waals surface area contributed by atoms with E-state index in [1.54, 1.807) is 11.3 Å². The van der Waals surface area contributed by atoms with Crippen LogP contribution in [0.25, 0.3) is 22.4 Å². The zero-order valence-corrected chi connectivity index (χ0v) is 18.6. The first kappa shape index (κ1) is 21.5. The summed E-state index contributed by atoms with van der Waals surface area (Å²) < 4.78 is 7.20. The molecule has 1 unspecified atom stereocenters. The number of nitrogens with zero attached hydrogens (tertiary/aromatic N) is 2. The van der Waals surface area contributed by atoms with E-state index in [1.807, 2.05) is 6.07 Å². The lowest BCUT2D eigenvalue weighted by Gasteiger charge is -2.28. The summed E-state index contributed by atoms with van der Waals surface area (Å²) in [4.78, 5) is 7.21. The average Bonchev–Trinajstić information content (AvgIpc) is 3.16. The number of thiazole rings is 1. The Morgan fingerprint density at radius 2 is 1.72 bits per heavy atom. The SMILES string of the molecule is CCCN(CCC)C(C)CCOc1ccc(/C=C/c2nc3ccccc3s2)cc1. The van der Waals surface area contributed by atoms with E-state index in [4.69, 9.17) is 4.74 Å². The Morgan fingerprint density at radius 1 is 1.00 bits per heavy atom. The molecule has 0 N–H and O–H groups in total. The van der Waals surface area contributed by atoms with Crippen LogP contribution in [0.4, 0.5) is 0 Å². The van der Waals surface area contributed by atoms with Crippen LogP contribution >= 0.6 is 11.3 Å². The predicted octanol–water partition coefficient (Wildman–Crippen LogP) is 6.75. The summed E-state index contributed by atoms with van der Waals surface area (Å²) in [7, 11) is 0. The molecule has 0 radical (unpaired) electrons. The highest BCUT2D eigenvalue weighted by Gasteiger charge is 2.11. The van der Waals surface area contributed by atoms with Crippen molar-refractivity contribution in [1.29, 1.82) is 0 Å². The number of hydrogen-bond acceptors (Lipinski definition) is 4. The van der Waals surface area contributed by atoms with Gasteiger partial charge in [-0.05, 0) is 75.2 Å². The molecular weight excluding hydrogens is 376 g/mol. The Morgan fingerprint density at radius 3 is 2.41 bits per heavy atom. The first-order chi connectivity index (χ1) is 14.2. The minimum atomic E-state index is 0.561. The predicted molar refractivity (Wildman–Crippen MR) is 127 cm³/mol. The Labute approximate surface area is 179 Å². The van der Waals surface area contributed by atoms with Gasteiger partial charge in [-0.15, -0.1) is 11.3 Å². The lowest BCUT2D eigenvalue weighted by atomic mass is 10.2. The minimum absolute atomic E-state index is 0.561. The fraction of sp³-hybridized carbons (Fsp3) is 0.400. The van der Waals surface area contributed by atoms with Crippen LogP contribution in [-0.4, -0.2) is 35.6 Å². The summed E-state index contributed by atoms with van der Waals surface area (Å²) in [6.07, 6.45) is 7.66. The Balaban J connectivity index is 1.49. The maximum atomic E-state index is 5.98. The number of benzene rings is 2. The summed E-state index contributed by atoms with van der Waals surface area (Å²) >= 11 is 1.72. The van der Waals surface area contributed by atoms with Gasteiger partial charge in [0.2, 0.25) is 0 Å². The Kier molecular flexibility index (Phi) is 8.26. The molecule has 1 aromatic heterocycles. The fourth-order valence-electron chi connectivity index (χ4n) is 3.46. The Hall–Kier alpha value is -2.17. The normalized spacial score (nSPS) is 12.8. The molecule has 0 fully saturated rings. The van der Waals surface area contributed by atoms with Gasteiger partial charge in [0.15, 0.2) is 0 Å². The van der Waals surface area contributed by atoms with Crippen molar-refractivity contribution >= 4 is 33.7 Å². The summed E-state index contributed by atoms with van der Waals surface area (Å²) in [5.74, 6) is 0.937. The van der Waals surface area contributed by atoms with Crippen LogP contribution in [0.5, 0.6) is 5.75 Å². The molecule has 0 aliphatic rings. The van der Waals surface area contributed by atoms with Crippen LogP contribution in [0.1, 0.15) is 50.6 Å². The van der Waals surface area contributed by atoms with Gasteiger partial charge in [-0.2, -0.15) is 0 Å². The highest BCUT2D eigenvalue weighted by Crippen LogP contribution is 2.23. The molecule has 3 rings (SSSR count). The number of fused-ring (bicyclic) bond motifs is 1. The molecule has 0 aliphatic carbocycles. The van der Waals surface area contributed by atoms with Gasteiger partial charge in [-0.1, -0.05) is 44.2 Å². The molecule has 29 heavy (non-hydrogen) atoms. The number of aromatic nitrogens is 1. The highest BCUT2D eigenvalue weighted by atomic mass is 32.1. The second-order valence-corrected chi connectivity index (χ2v) is 8.51. The van der Waals surface area contributed by atoms with Gasteiger partial charge in [0.25, 0.3) is 0 Å². The van der Waals surface area contributed by atoms with Gasteiger partial charge in [0.1, 0.15) is 10.8 Å². The van der Waals surface area contributed by atoms with Crippen molar-refractivity contribution in [3.05, 3.63) is 59.1 Å². The van der Waals surface area contributed by atoms with Gasteiger partial charge < -0.3 is 9.64 Å². The summed E-state index contributed by atoms with van der Waals surface area (Å²) in [5, 5.41) is 1.03. The average molecular weight is 409 g/mol. The van der Waals surface area contributed by atoms with Crippen molar-refractivity contribution in [3.63, 3.8) is 0 Å². The highest BCUT2D eigenvalue weighted by molar-refractivity contribution is 7.19. The maximum absolute atomic E-state index is 5.98. The largest absolute Gasteiger partial charge is 0.494 e. The van der Waals surface area contributed by atoms with Crippen LogP contribution < -0.4 is 4.74 Å². The van der Waals surface area contributed by atoms with Crippen LogP contribution in [0, 0.1) is 0 Å². The van der Waals surface area contributed by atoms with E-state index in [0.717, 1.165) is 34.9 Å². The smallest absolute Gasteiger partial charge is 0.119 e. The maximum Gasteiger partial charge on any atom is 0.119 e. The molecule has 0 spiro atoms. The topological polar surface area (TPSA) is 25.4 Å². The van der Waals surface area contributed by atoms with Gasteiger partial charge in [-0.3, -0.25) is 0 Å². The monoisotopic (exact) mass is 408 g/mol. The molecule has 2 aromatic carbocycles. The van der Waals surface area contributed by atoms with Crippen molar-refractivity contribution in [2.75, 3.05) is 19.7 Å². The third kappa shape index (κ3) is 6.41. The van der Waals surface area contributed by atoms with E-state index < -0.39 is 0 Å². The van der Waals surface area contributed by atoms with Crippen molar-refractivity contribution in [3.8, 4) is 5.75 Å². The molecule has 4 heteroatoms. The first-order valence-corrected chi connectivity index (χ1v) is 11.5. The molecule has 154 valence electrons. The van der Waals surface area contributed by atoms with Crippen LogP contribution in [0.15, 0.2) is 48.5 Å². The second-order valence-electron chi connectivity index (χ2n) is 7.44. The number of ether oxygens (including phenoxy) is 1. The zero-order chi connectivity index (χ0) is 20.5. The van der Waals surface area contributed by atoms with E-state index in [9.17, 15) is 0 Å². The molecule has 0 amide bonds. The lowest BCUT2D eigenvalue weighted by molar-refractivity contribution is 0.174. The fourth-order valence-corrected chi connectivity index (χ4v) is 4.33. The molecule has 0 saturated carbocycles. The molecule has 1 heterocycles. The quantitative estimate of drug-likeness (QED) is 0.351.